The van der Waals surface area contributed by atoms with Crippen LogP contribution >= 0.6 is 0 Å². The Bertz CT molecular complexity index is 226. The summed E-state index contributed by atoms with van der Waals surface area (Å²) in [4.78, 5) is 13.9. The van der Waals surface area contributed by atoms with Gasteiger partial charge in [0.2, 0.25) is 5.91 Å². The zero-order valence-electron chi connectivity index (χ0n) is 11.1. The third kappa shape index (κ3) is 4.12. The van der Waals surface area contributed by atoms with Crippen LogP contribution in [0.2, 0.25) is 0 Å². The number of nitrogens with zero attached hydrogens (tertiary/aromatic N) is 1. The van der Waals surface area contributed by atoms with Crippen LogP contribution in [0.15, 0.2) is 0 Å². The van der Waals surface area contributed by atoms with E-state index in [1.807, 2.05) is 4.90 Å². The first-order chi connectivity index (χ1) is 7.50. The molecule has 1 amide bonds. The zero-order chi connectivity index (χ0) is 12.1. The van der Waals surface area contributed by atoms with Gasteiger partial charge in [-0.05, 0) is 31.1 Å². The van der Waals surface area contributed by atoms with Crippen molar-refractivity contribution in [3.8, 4) is 0 Å². The normalized spacial score (nSPS) is 21.5. The fourth-order valence-corrected chi connectivity index (χ4v) is 2.14. The van der Waals surface area contributed by atoms with Gasteiger partial charge in [-0.2, -0.15) is 0 Å². The fourth-order valence-electron chi connectivity index (χ4n) is 2.14. The Morgan fingerprint density at radius 3 is 2.56 bits per heavy atom. The number of carbonyl (C=O) groups is 1. The molecule has 1 rings (SSSR count). The number of hydrogen-bond donors (Lipinski definition) is 1. The molecule has 0 radical (unpaired) electrons. The molecule has 1 saturated heterocycles. The highest BCUT2D eigenvalue weighted by Crippen LogP contribution is 2.14. The molecule has 94 valence electrons. The number of amides is 1. The lowest BCUT2D eigenvalue weighted by Crippen LogP contribution is -2.32. The summed E-state index contributed by atoms with van der Waals surface area (Å²) in [5.74, 6) is 1.62. The van der Waals surface area contributed by atoms with Crippen LogP contribution in [0.5, 0.6) is 0 Å². The van der Waals surface area contributed by atoms with Gasteiger partial charge in [0.15, 0.2) is 0 Å². The average molecular weight is 226 g/mol. The van der Waals surface area contributed by atoms with Crippen molar-refractivity contribution in [1.29, 1.82) is 0 Å². The van der Waals surface area contributed by atoms with Crippen LogP contribution in [0, 0.1) is 11.8 Å². The standard InChI is InChI=1S/C13H26N2O/c1-10(2)6-5-7-15-9-14-12(13(15)16)8-11(3)4/h10-12,14H,5-9H2,1-4H3. The molecular formula is C13H26N2O. The van der Waals surface area contributed by atoms with Crippen LogP contribution in [0.4, 0.5) is 0 Å². The van der Waals surface area contributed by atoms with E-state index in [1.54, 1.807) is 0 Å². The number of rotatable bonds is 6. The van der Waals surface area contributed by atoms with E-state index in [0.29, 0.717) is 11.8 Å². The summed E-state index contributed by atoms with van der Waals surface area (Å²) in [5.41, 5.74) is 0. The van der Waals surface area contributed by atoms with Crippen molar-refractivity contribution in [2.24, 2.45) is 11.8 Å². The van der Waals surface area contributed by atoms with Crippen LogP contribution in [-0.4, -0.2) is 30.1 Å². The van der Waals surface area contributed by atoms with Crippen molar-refractivity contribution < 1.29 is 4.79 Å². The highest BCUT2D eigenvalue weighted by molar-refractivity contribution is 5.83. The van der Waals surface area contributed by atoms with E-state index < -0.39 is 0 Å². The number of hydrogen-bond acceptors (Lipinski definition) is 2. The summed E-state index contributed by atoms with van der Waals surface area (Å²) in [5, 5.41) is 3.30. The van der Waals surface area contributed by atoms with E-state index in [-0.39, 0.29) is 6.04 Å². The van der Waals surface area contributed by atoms with E-state index in [4.69, 9.17) is 0 Å². The van der Waals surface area contributed by atoms with Crippen LogP contribution in [0.3, 0.4) is 0 Å². The molecule has 1 N–H and O–H groups in total. The first-order valence-electron chi connectivity index (χ1n) is 6.53. The molecule has 1 fully saturated rings. The summed E-state index contributed by atoms with van der Waals surface area (Å²) in [7, 11) is 0. The molecule has 0 aromatic carbocycles. The van der Waals surface area contributed by atoms with Crippen LogP contribution in [0.1, 0.15) is 47.0 Å². The van der Waals surface area contributed by atoms with Gasteiger partial charge < -0.3 is 4.90 Å². The van der Waals surface area contributed by atoms with E-state index >= 15 is 0 Å². The SMILES string of the molecule is CC(C)CCCN1CNC(CC(C)C)C1=O. The summed E-state index contributed by atoms with van der Waals surface area (Å²) in [6, 6.07) is 0.0686. The average Bonchev–Trinajstić information content (AvgIpc) is 2.48. The Labute approximate surface area is 99.6 Å². The van der Waals surface area contributed by atoms with E-state index in [9.17, 15) is 4.79 Å². The summed E-state index contributed by atoms with van der Waals surface area (Å²) in [6.07, 6.45) is 3.29. The van der Waals surface area contributed by atoms with Crippen molar-refractivity contribution in [2.45, 2.75) is 53.0 Å². The monoisotopic (exact) mass is 226 g/mol. The predicted octanol–water partition coefficient (Wildman–Crippen LogP) is 2.23. The van der Waals surface area contributed by atoms with Gasteiger partial charge in [0.1, 0.15) is 0 Å². The Balaban J connectivity index is 2.28. The Morgan fingerprint density at radius 1 is 1.31 bits per heavy atom. The molecule has 3 nitrogen and oxygen atoms in total. The van der Waals surface area contributed by atoms with Gasteiger partial charge in [0.05, 0.1) is 12.7 Å². The molecular weight excluding hydrogens is 200 g/mol. The van der Waals surface area contributed by atoms with Crippen molar-refractivity contribution in [3.63, 3.8) is 0 Å². The highest BCUT2D eigenvalue weighted by atomic mass is 16.2. The number of carbonyl (C=O) groups excluding carboxylic acids is 1. The second-order valence-electron chi connectivity index (χ2n) is 5.68. The van der Waals surface area contributed by atoms with E-state index in [1.165, 1.54) is 6.42 Å². The highest BCUT2D eigenvalue weighted by Gasteiger charge is 2.30. The van der Waals surface area contributed by atoms with Crippen molar-refractivity contribution >= 4 is 5.91 Å². The third-order valence-electron chi connectivity index (χ3n) is 3.05. The molecule has 16 heavy (non-hydrogen) atoms. The largest absolute Gasteiger partial charge is 0.329 e. The minimum atomic E-state index is 0.0686. The summed E-state index contributed by atoms with van der Waals surface area (Å²) >= 11 is 0. The third-order valence-corrected chi connectivity index (χ3v) is 3.05. The first kappa shape index (κ1) is 13.5. The van der Waals surface area contributed by atoms with Crippen LogP contribution in [0.25, 0.3) is 0 Å². The molecule has 0 bridgehead atoms. The quantitative estimate of drug-likeness (QED) is 0.753. The Kier molecular flexibility index (Phi) is 5.26. The van der Waals surface area contributed by atoms with Gasteiger partial charge in [0, 0.05) is 6.54 Å². The Morgan fingerprint density at radius 2 is 2.00 bits per heavy atom. The van der Waals surface area contributed by atoms with Crippen molar-refractivity contribution in [1.82, 2.24) is 10.2 Å². The second kappa shape index (κ2) is 6.24. The molecule has 1 unspecified atom stereocenters. The van der Waals surface area contributed by atoms with E-state index in [0.717, 1.165) is 32.0 Å². The zero-order valence-corrected chi connectivity index (χ0v) is 11.1. The molecule has 0 spiro atoms. The molecule has 0 saturated carbocycles. The van der Waals surface area contributed by atoms with Gasteiger partial charge in [-0.25, -0.2) is 0 Å². The van der Waals surface area contributed by atoms with Gasteiger partial charge in [-0.1, -0.05) is 27.7 Å². The molecule has 0 aromatic rings. The molecule has 1 heterocycles. The molecule has 1 aliphatic rings. The minimum Gasteiger partial charge on any atom is -0.329 e. The summed E-state index contributed by atoms with van der Waals surface area (Å²) < 4.78 is 0. The maximum atomic E-state index is 12.0. The van der Waals surface area contributed by atoms with Crippen molar-refractivity contribution in [3.05, 3.63) is 0 Å². The van der Waals surface area contributed by atoms with Crippen LogP contribution in [-0.2, 0) is 4.79 Å². The van der Waals surface area contributed by atoms with Gasteiger partial charge in [0.25, 0.3) is 0 Å². The smallest absolute Gasteiger partial charge is 0.240 e. The second-order valence-corrected chi connectivity index (χ2v) is 5.68. The maximum Gasteiger partial charge on any atom is 0.240 e. The van der Waals surface area contributed by atoms with Crippen molar-refractivity contribution in [2.75, 3.05) is 13.2 Å². The fraction of sp³-hybridized carbons (Fsp3) is 0.923. The van der Waals surface area contributed by atoms with Gasteiger partial charge >= 0.3 is 0 Å². The molecule has 0 aliphatic carbocycles. The molecule has 3 heteroatoms. The first-order valence-corrected chi connectivity index (χ1v) is 6.53. The maximum absolute atomic E-state index is 12.0. The molecule has 1 aliphatic heterocycles. The lowest BCUT2D eigenvalue weighted by Gasteiger charge is -2.16. The minimum absolute atomic E-state index is 0.0686. The topological polar surface area (TPSA) is 32.3 Å². The van der Waals surface area contributed by atoms with E-state index in [2.05, 4.69) is 33.0 Å². The Hall–Kier alpha value is -0.570. The van der Waals surface area contributed by atoms with Gasteiger partial charge in [-0.3, -0.25) is 10.1 Å². The predicted molar refractivity (Wildman–Crippen MR) is 67.0 cm³/mol. The number of nitrogens with one attached hydrogen (secondary N) is 1. The lowest BCUT2D eigenvalue weighted by molar-refractivity contribution is -0.129. The molecule has 1 atom stereocenters. The van der Waals surface area contributed by atoms with Gasteiger partial charge in [-0.15, -0.1) is 0 Å². The molecule has 0 aromatic heterocycles. The van der Waals surface area contributed by atoms with Crippen LogP contribution < -0.4 is 5.32 Å². The summed E-state index contributed by atoms with van der Waals surface area (Å²) in [6.45, 7) is 10.4. The lowest BCUT2D eigenvalue weighted by atomic mass is 10.0.